The van der Waals surface area contributed by atoms with Crippen molar-refractivity contribution < 1.29 is 0 Å². The van der Waals surface area contributed by atoms with Gasteiger partial charge >= 0.3 is 0 Å². The average Bonchev–Trinajstić information content (AvgIpc) is 3.40. The summed E-state index contributed by atoms with van der Waals surface area (Å²) in [5.41, 5.74) is 9.03. The van der Waals surface area contributed by atoms with Gasteiger partial charge in [0.15, 0.2) is 0 Å². The van der Waals surface area contributed by atoms with Gasteiger partial charge in [0.25, 0.3) is 0 Å². The average molecular weight is 349 g/mol. The minimum atomic E-state index is 0.128. The summed E-state index contributed by atoms with van der Waals surface area (Å²) in [4.78, 5) is 4.82. The molecule has 2 heteroatoms. The van der Waals surface area contributed by atoms with Crippen LogP contribution in [0, 0.1) is 6.92 Å². The van der Waals surface area contributed by atoms with Crippen molar-refractivity contribution in [1.29, 1.82) is 0 Å². The molecule has 138 valence electrons. The molecule has 1 saturated carbocycles. The zero-order valence-electron chi connectivity index (χ0n) is 17.2. The van der Waals surface area contributed by atoms with E-state index in [2.05, 4.69) is 64.2 Å². The molecular weight excluding hydrogens is 316 g/mol. The molecule has 0 atom stereocenters. The first-order valence-corrected chi connectivity index (χ1v) is 10.0. The lowest BCUT2D eigenvalue weighted by Crippen LogP contribution is -2.34. The Balaban J connectivity index is 1.85. The van der Waals surface area contributed by atoms with E-state index in [-0.39, 0.29) is 16.2 Å². The van der Waals surface area contributed by atoms with Crippen LogP contribution in [0.3, 0.4) is 0 Å². The van der Waals surface area contributed by atoms with Crippen molar-refractivity contribution in [3.05, 3.63) is 58.4 Å². The van der Waals surface area contributed by atoms with Crippen molar-refractivity contribution in [2.24, 2.45) is 0 Å². The number of aromatic nitrogens is 1. The molecule has 0 aliphatic heterocycles. The number of pyridine rings is 1. The molecule has 26 heavy (non-hydrogen) atoms. The molecule has 0 unspecified atom stereocenters. The molecular formula is C24H32N2. The highest BCUT2D eigenvalue weighted by Crippen LogP contribution is 2.56. The van der Waals surface area contributed by atoms with Gasteiger partial charge in [-0.1, -0.05) is 39.8 Å². The van der Waals surface area contributed by atoms with Crippen molar-refractivity contribution in [3.8, 4) is 0 Å². The number of fused-ring (bicyclic) bond motifs is 1. The minimum absolute atomic E-state index is 0.128. The second-order valence-corrected chi connectivity index (χ2v) is 9.74. The van der Waals surface area contributed by atoms with Crippen molar-refractivity contribution in [3.63, 3.8) is 0 Å². The number of rotatable bonds is 3. The van der Waals surface area contributed by atoms with Crippen molar-refractivity contribution >= 4 is 5.69 Å². The molecule has 0 bridgehead atoms. The fourth-order valence-electron chi connectivity index (χ4n) is 4.85. The summed E-state index contributed by atoms with van der Waals surface area (Å²) < 4.78 is 0. The standard InChI is InChI=1S/C24H32N2/c1-16-13-19-20(23(4,5)10-9-22(19,2)3)14-18(16)24(11-12-24)21-8-7-17(25-6)15-26-21/h7-8,13-15,25H,9-12H2,1-6H3. The second-order valence-electron chi connectivity index (χ2n) is 9.74. The van der Waals surface area contributed by atoms with Gasteiger partial charge in [-0.2, -0.15) is 0 Å². The van der Waals surface area contributed by atoms with Gasteiger partial charge in [-0.25, -0.2) is 0 Å². The van der Waals surface area contributed by atoms with Crippen LogP contribution in [-0.2, 0) is 16.2 Å². The van der Waals surface area contributed by atoms with Gasteiger partial charge in [-0.15, -0.1) is 0 Å². The van der Waals surface area contributed by atoms with Crippen LogP contribution >= 0.6 is 0 Å². The summed E-state index contributed by atoms with van der Waals surface area (Å²) in [5.74, 6) is 0. The number of hydrogen-bond acceptors (Lipinski definition) is 2. The van der Waals surface area contributed by atoms with Gasteiger partial charge in [0.1, 0.15) is 0 Å². The molecule has 1 N–H and O–H groups in total. The summed E-state index contributed by atoms with van der Waals surface area (Å²) in [6.45, 7) is 11.9. The molecule has 2 aliphatic rings. The maximum atomic E-state index is 4.82. The highest BCUT2D eigenvalue weighted by molar-refractivity contribution is 5.54. The number of nitrogens with one attached hydrogen (secondary N) is 1. The van der Waals surface area contributed by atoms with Crippen LogP contribution in [0.5, 0.6) is 0 Å². The second kappa shape index (κ2) is 5.58. The van der Waals surface area contributed by atoms with E-state index in [0.29, 0.717) is 0 Å². The monoisotopic (exact) mass is 348 g/mol. The lowest BCUT2D eigenvalue weighted by molar-refractivity contribution is 0.331. The van der Waals surface area contributed by atoms with Gasteiger partial charge in [0.2, 0.25) is 0 Å². The Hall–Kier alpha value is -1.83. The van der Waals surface area contributed by atoms with Gasteiger partial charge in [-0.3, -0.25) is 4.98 Å². The Morgan fingerprint density at radius 3 is 1.96 bits per heavy atom. The normalized spacial score (nSPS) is 21.8. The molecule has 0 spiro atoms. The highest BCUT2D eigenvalue weighted by Gasteiger charge is 2.49. The molecule has 1 heterocycles. The topological polar surface area (TPSA) is 24.9 Å². The molecule has 1 aromatic carbocycles. The number of aryl methyl sites for hydroxylation is 1. The Bertz CT molecular complexity index is 839. The maximum absolute atomic E-state index is 4.82. The maximum Gasteiger partial charge on any atom is 0.0524 e. The van der Waals surface area contributed by atoms with Crippen LogP contribution in [0.4, 0.5) is 5.69 Å². The number of nitrogens with zero attached hydrogens (tertiary/aromatic N) is 1. The van der Waals surface area contributed by atoms with Crippen LogP contribution in [0.25, 0.3) is 0 Å². The summed E-state index contributed by atoms with van der Waals surface area (Å²) in [7, 11) is 1.95. The van der Waals surface area contributed by atoms with E-state index in [1.54, 1.807) is 11.1 Å². The van der Waals surface area contributed by atoms with Crippen LogP contribution < -0.4 is 5.32 Å². The largest absolute Gasteiger partial charge is 0.387 e. The summed E-state index contributed by atoms with van der Waals surface area (Å²) in [6, 6.07) is 9.41. The zero-order valence-corrected chi connectivity index (χ0v) is 17.2. The van der Waals surface area contributed by atoms with Crippen LogP contribution in [-0.4, -0.2) is 12.0 Å². The lowest BCUT2D eigenvalue weighted by atomic mass is 9.62. The SMILES string of the molecule is CNc1ccc(C2(c3cc4c(cc3C)C(C)(C)CCC4(C)C)CC2)nc1. The summed E-state index contributed by atoms with van der Waals surface area (Å²) >= 11 is 0. The third-order valence-corrected chi connectivity index (χ3v) is 7.01. The Kier molecular flexibility index (Phi) is 3.77. The van der Waals surface area contributed by atoms with Crippen molar-refractivity contribution in [2.45, 2.75) is 76.5 Å². The first kappa shape index (κ1) is 17.6. The van der Waals surface area contributed by atoms with Crippen LogP contribution in [0.15, 0.2) is 30.5 Å². The fourth-order valence-corrected chi connectivity index (χ4v) is 4.85. The molecule has 2 aromatic rings. The number of anilines is 1. The molecule has 0 amide bonds. The van der Waals surface area contributed by atoms with Gasteiger partial charge in [0, 0.05) is 12.5 Å². The van der Waals surface area contributed by atoms with Crippen LogP contribution in [0.2, 0.25) is 0 Å². The van der Waals surface area contributed by atoms with E-state index in [1.807, 2.05) is 13.2 Å². The first-order valence-electron chi connectivity index (χ1n) is 10.0. The molecule has 2 nitrogen and oxygen atoms in total. The lowest BCUT2D eigenvalue weighted by Gasteiger charge is -2.43. The molecule has 1 aromatic heterocycles. The summed E-state index contributed by atoms with van der Waals surface area (Å²) in [5, 5.41) is 3.18. The predicted molar refractivity (Wildman–Crippen MR) is 110 cm³/mol. The highest BCUT2D eigenvalue weighted by atomic mass is 14.9. The van der Waals surface area contributed by atoms with Crippen molar-refractivity contribution in [2.75, 3.05) is 12.4 Å². The molecule has 2 aliphatic carbocycles. The zero-order chi connectivity index (χ0) is 18.7. The minimum Gasteiger partial charge on any atom is -0.387 e. The van der Waals surface area contributed by atoms with E-state index in [9.17, 15) is 0 Å². The van der Waals surface area contributed by atoms with E-state index in [0.717, 1.165) is 5.69 Å². The van der Waals surface area contributed by atoms with Gasteiger partial charge in [-0.05, 0) is 77.8 Å². The van der Waals surface area contributed by atoms with Gasteiger partial charge in [0.05, 0.1) is 17.6 Å². The van der Waals surface area contributed by atoms with E-state index < -0.39 is 0 Å². The molecule has 0 saturated heterocycles. The third-order valence-electron chi connectivity index (χ3n) is 7.01. The van der Waals surface area contributed by atoms with E-state index in [4.69, 9.17) is 4.98 Å². The Morgan fingerprint density at radius 1 is 0.846 bits per heavy atom. The fraction of sp³-hybridized carbons (Fsp3) is 0.542. The van der Waals surface area contributed by atoms with Gasteiger partial charge < -0.3 is 5.32 Å². The van der Waals surface area contributed by atoms with Crippen LogP contribution in [0.1, 0.15) is 81.3 Å². The summed E-state index contributed by atoms with van der Waals surface area (Å²) in [6.07, 6.45) is 6.92. The third kappa shape index (κ3) is 2.57. The Morgan fingerprint density at radius 2 is 1.46 bits per heavy atom. The van der Waals surface area contributed by atoms with Crippen molar-refractivity contribution in [1.82, 2.24) is 4.98 Å². The number of benzene rings is 1. The first-order chi connectivity index (χ1) is 12.2. The van der Waals surface area contributed by atoms with E-state index in [1.165, 1.54) is 42.5 Å². The van der Waals surface area contributed by atoms with E-state index >= 15 is 0 Å². The molecule has 4 rings (SSSR count). The Labute approximate surface area is 158 Å². The molecule has 1 fully saturated rings. The number of hydrogen-bond donors (Lipinski definition) is 1. The smallest absolute Gasteiger partial charge is 0.0524 e. The quantitative estimate of drug-likeness (QED) is 0.751. The molecule has 0 radical (unpaired) electrons. The predicted octanol–water partition coefficient (Wildman–Crippen LogP) is 5.86.